The highest BCUT2D eigenvalue weighted by Gasteiger charge is 2.35. The Bertz CT molecular complexity index is 779. The van der Waals surface area contributed by atoms with Crippen LogP contribution in [0.25, 0.3) is 0 Å². The first-order valence-corrected chi connectivity index (χ1v) is 7.81. The van der Waals surface area contributed by atoms with Crippen LogP contribution in [0.15, 0.2) is 36.4 Å². The van der Waals surface area contributed by atoms with Gasteiger partial charge in [-0.15, -0.1) is 0 Å². The lowest BCUT2D eigenvalue weighted by Crippen LogP contribution is -2.56. The Morgan fingerprint density at radius 3 is 2.40 bits per heavy atom. The monoisotopic (exact) mass is 350 g/mol. The summed E-state index contributed by atoms with van der Waals surface area (Å²) < 4.78 is 43.4. The summed E-state index contributed by atoms with van der Waals surface area (Å²) in [6.07, 6.45) is -4.87. The molecule has 1 aromatic heterocycles. The number of carbonyl (C=O) groups is 1. The molecule has 0 bridgehead atoms. The molecule has 0 unspecified atom stereocenters. The fraction of sp³-hybridized carbons (Fsp3) is 0.333. The molecule has 1 aliphatic heterocycles. The first kappa shape index (κ1) is 17.3. The molecule has 0 atom stereocenters. The summed E-state index contributed by atoms with van der Waals surface area (Å²) in [5.41, 5.74) is 1.62. The van der Waals surface area contributed by atoms with E-state index in [4.69, 9.17) is 4.74 Å². The van der Waals surface area contributed by atoms with Crippen molar-refractivity contribution in [2.24, 2.45) is 0 Å². The van der Waals surface area contributed by atoms with E-state index in [0.717, 1.165) is 17.2 Å². The zero-order valence-electron chi connectivity index (χ0n) is 13.8. The van der Waals surface area contributed by atoms with Gasteiger partial charge < -0.3 is 9.64 Å². The van der Waals surface area contributed by atoms with Gasteiger partial charge in [-0.25, -0.2) is 4.98 Å². The third kappa shape index (κ3) is 3.92. The van der Waals surface area contributed by atoms with Crippen LogP contribution in [0.2, 0.25) is 0 Å². The van der Waals surface area contributed by atoms with Crippen molar-refractivity contribution in [1.29, 1.82) is 0 Å². The molecule has 0 radical (unpaired) electrons. The molecule has 132 valence electrons. The molecule has 1 aliphatic rings. The Balaban J connectivity index is 1.60. The maximum atomic E-state index is 12.7. The molecule has 1 aromatic carbocycles. The van der Waals surface area contributed by atoms with Crippen LogP contribution in [0.3, 0.4) is 0 Å². The van der Waals surface area contributed by atoms with E-state index in [9.17, 15) is 18.0 Å². The summed E-state index contributed by atoms with van der Waals surface area (Å²) in [6, 6.07) is 9.14. The molecule has 0 spiro atoms. The fourth-order valence-corrected chi connectivity index (χ4v) is 2.77. The molecule has 3 rings (SSSR count). The molecular weight excluding hydrogens is 333 g/mol. The molecule has 1 amide bonds. The second-order valence-electron chi connectivity index (χ2n) is 6.19. The van der Waals surface area contributed by atoms with Crippen molar-refractivity contribution in [3.05, 3.63) is 58.8 Å². The standard InChI is InChI=1S/C18H17F3N2O2/c1-11-6-12(2)8-13(7-11)17(24)23-9-14(10-23)25-16-5-3-4-15(22-16)18(19,20)21/h3-8,14H,9-10H2,1-2H3. The highest BCUT2D eigenvalue weighted by molar-refractivity contribution is 5.95. The third-order valence-electron chi connectivity index (χ3n) is 3.91. The third-order valence-corrected chi connectivity index (χ3v) is 3.91. The summed E-state index contributed by atoms with van der Waals surface area (Å²) in [7, 11) is 0. The van der Waals surface area contributed by atoms with E-state index in [1.54, 1.807) is 4.90 Å². The normalized spacial score (nSPS) is 15.0. The summed E-state index contributed by atoms with van der Waals surface area (Å²) in [6.45, 7) is 4.49. The van der Waals surface area contributed by atoms with Gasteiger partial charge in [-0.2, -0.15) is 13.2 Å². The molecule has 2 heterocycles. The Kier molecular flexibility index (Phi) is 4.41. The Morgan fingerprint density at radius 1 is 1.16 bits per heavy atom. The number of ether oxygens (including phenoxy) is 1. The topological polar surface area (TPSA) is 42.4 Å². The number of aryl methyl sites for hydroxylation is 2. The van der Waals surface area contributed by atoms with Gasteiger partial charge >= 0.3 is 6.18 Å². The second-order valence-corrected chi connectivity index (χ2v) is 6.19. The van der Waals surface area contributed by atoms with Gasteiger partial charge in [-0.3, -0.25) is 4.79 Å². The number of halogens is 3. The number of rotatable bonds is 3. The molecule has 2 aromatic rings. The van der Waals surface area contributed by atoms with E-state index < -0.39 is 11.9 Å². The van der Waals surface area contributed by atoms with Crippen LogP contribution in [0.5, 0.6) is 5.88 Å². The number of pyridine rings is 1. The van der Waals surface area contributed by atoms with Crippen molar-refractivity contribution in [3.8, 4) is 5.88 Å². The van der Waals surface area contributed by atoms with E-state index >= 15 is 0 Å². The van der Waals surface area contributed by atoms with Crippen molar-refractivity contribution in [1.82, 2.24) is 9.88 Å². The molecule has 0 saturated carbocycles. The minimum Gasteiger partial charge on any atom is -0.471 e. The number of nitrogens with zero attached hydrogens (tertiary/aromatic N) is 2. The van der Waals surface area contributed by atoms with Crippen LogP contribution in [0.1, 0.15) is 27.2 Å². The number of hydrogen-bond acceptors (Lipinski definition) is 3. The lowest BCUT2D eigenvalue weighted by atomic mass is 10.0. The van der Waals surface area contributed by atoms with E-state index in [0.29, 0.717) is 18.7 Å². The van der Waals surface area contributed by atoms with Gasteiger partial charge in [0.25, 0.3) is 5.91 Å². The first-order chi connectivity index (χ1) is 11.7. The van der Waals surface area contributed by atoms with E-state index in [-0.39, 0.29) is 17.9 Å². The highest BCUT2D eigenvalue weighted by Crippen LogP contribution is 2.29. The van der Waals surface area contributed by atoms with Crippen molar-refractivity contribution in [2.45, 2.75) is 26.1 Å². The predicted octanol–water partition coefficient (Wildman–Crippen LogP) is 3.62. The maximum absolute atomic E-state index is 12.7. The smallest absolute Gasteiger partial charge is 0.433 e. The second kappa shape index (κ2) is 6.38. The Labute approximate surface area is 143 Å². The molecular formula is C18H17F3N2O2. The molecule has 25 heavy (non-hydrogen) atoms. The molecule has 4 nitrogen and oxygen atoms in total. The number of likely N-dealkylation sites (tertiary alicyclic amines) is 1. The summed E-state index contributed by atoms with van der Waals surface area (Å²) in [5.74, 6) is -0.193. The maximum Gasteiger partial charge on any atom is 0.433 e. The van der Waals surface area contributed by atoms with Crippen LogP contribution in [0, 0.1) is 13.8 Å². The van der Waals surface area contributed by atoms with Gasteiger partial charge in [0.1, 0.15) is 11.8 Å². The minimum atomic E-state index is -4.51. The molecule has 1 saturated heterocycles. The fourth-order valence-electron chi connectivity index (χ4n) is 2.77. The van der Waals surface area contributed by atoms with Gasteiger partial charge in [0.05, 0.1) is 13.1 Å². The van der Waals surface area contributed by atoms with Crippen LogP contribution < -0.4 is 4.74 Å². The highest BCUT2D eigenvalue weighted by atomic mass is 19.4. The zero-order chi connectivity index (χ0) is 18.2. The van der Waals surface area contributed by atoms with E-state index in [2.05, 4.69) is 4.98 Å². The molecule has 7 heteroatoms. The van der Waals surface area contributed by atoms with Crippen molar-refractivity contribution >= 4 is 5.91 Å². The lowest BCUT2D eigenvalue weighted by molar-refractivity contribution is -0.141. The van der Waals surface area contributed by atoms with Crippen LogP contribution in [-0.2, 0) is 6.18 Å². The van der Waals surface area contributed by atoms with E-state index in [1.807, 2.05) is 32.0 Å². The number of hydrogen-bond donors (Lipinski definition) is 0. The number of alkyl halides is 3. The van der Waals surface area contributed by atoms with Crippen LogP contribution in [-0.4, -0.2) is 35.0 Å². The quantitative estimate of drug-likeness (QED) is 0.849. The van der Waals surface area contributed by atoms with Gasteiger partial charge in [0.15, 0.2) is 0 Å². The minimum absolute atomic E-state index is 0.0849. The number of carbonyl (C=O) groups excluding carboxylic acids is 1. The van der Waals surface area contributed by atoms with Gasteiger partial charge in [-0.05, 0) is 32.0 Å². The predicted molar refractivity (Wildman–Crippen MR) is 85.5 cm³/mol. The molecule has 0 aliphatic carbocycles. The summed E-state index contributed by atoms with van der Waals surface area (Å²) in [4.78, 5) is 17.5. The number of amides is 1. The van der Waals surface area contributed by atoms with Crippen LogP contribution >= 0.6 is 0 Å². The van der Waals surface area contributed by atoms with E-state index in [1.165, 1.54) is 12.1 Å². The van der Waals surface area contributed by atoms with Crippen molar-refractivity contribution < 1.29 is 22.7 Å². The average molecular weight is 350 g/mol. The number of aromatic nitrogens is 1. The molecule has 1 fully saturated rings. The van der Waals surface area contributed by atoms with Crippen molar-refractivity contribution in [3.63, 3.8) is 0 Å². The average Bonchev–Trinajstić information content (AvgIpc) is 2.48. The van der Waals surface area contributed by atoms with Crippen LogP contribution in [0.4, 0.5) is 13.2 Å². The van der Waals surface area contributed by atoms with Crippen molar-refractivity contribution in [2.75, 3.05) is 13.1 Å². The zero-order valence-corrected chi connectivity index (χ0v) is 13.8. The lowest BCUT2D eigenvalue weighted by Gasteiger charge is -2.38. The SMILES string of the molecule is Cc1cc(C)cc(C(=O)N2CC(Oc3cccc(C(F)(F)F)n3)C2)c1. The Hall–Kier alpha value is -2.57. The number of benzene rings is 1. The molecule has 0 N–H and O–H groups in total. The first-order valence-electron chi connectivity index (χ1n) is 7.81. The van der Waals surface area contributed by atoms with Gasteiger partial charge in [0, 0.05) is 11.6 Å². The summed E-state index contributed by atoms with van der Waals surface area (Å²) >= 11 is 0. The Morgan fingerprint density at radius 2 is 1.80 bits per heavy atom. The van der Waals surface area contributed by atoms with Gasteiger partial charge in [0.2, 0.25) is 5.88 Å². The summed E-state index contributed by atoms with van der Waals surface area (Å²) in [5, 5.41) is 0. The largest absolute Gasteiger partial charge is 0.471 e. The van der Waals surface area contributed by atoms with Gasteiger partial charge in [-0.1, -0.05) is 23.3 Å².